The first-order valence-electron chi connectivity index (χ1n) is 6.57. The van der Waals surface area contributed by atoms with E-state index in [-0.39, 0.29) is 23.2 Å². The third-order valence-electron chi connectivity index (χ3n) is 3.46. The van der Waals surface area contributed by atoms with E-state index in [1.165, 1.54) is 18.2 Å². The molecule has 1 aromatic carbocycles. The van der Waals surface area contributed by atoms with Gasteiger partial charge in [-0.1, -0.05) is 6.07 Å². The largest absolute Gasteiger partial charge is 0.323 e. The molecule has 20 heavy (non-hydrogen) atoms. The second-order valence-corrected chi connectivity index (χ2v) is 4.73. The first-order valence-corrected chi connectivity index (χ1v) is 6.57. The summed E-state index contributed by atoms with van der Waals surface area (Å²) in [6.45, 7) is 5.10. The highest BCUT2D eigenvalue weighted by Gasteiger charge is 2.23. The Morgan fingerprint density at radius 2 is 2.20 bits per heavy atom. The number of amides is 1. The van der Waals surface area contributed by atoms with Crippen molar-refractivity contribution in [3.63, 3.8) is 0 Å². The zero-order chi connectivity index (χ0) is 14.5. The predicted octanol–water partition coefficient (Wildman–Crippen LogP) is 0.930. The molecule has 1 atom stereocenters. The van der Waals surface area contributed by atoms with Crippen molar-refractivity contribution in [2.45, 2.75) is 13.0 Å². The third-order valence-corrected chi connectivity index (χ3v) is 3.46. The van der Waals surface area contributed by atoms with E-state index in [0.717, 1.165) is 26.2 Å². The fourth-order valence-electron chi connectivity index (χ4n) is 2.21. The normalized spacial score (nSPS) is 17.2. The number of carbonyl (C=O) groups is 1. The van der Waals surface area contributed by atoms with Crippen molar-refractivity contribution >= 4 is 11.6 Å². The lowest BCUT2D eigenvalue weighted by molar-refractivity contribution is -0.120. The monoisotopic (exact) mass is 276 g/mol. The summed E-state index contributed by atoms with van der Waals surface area (Å²) in [5, 5.41) is 14.8. The van der Waals surface area contributed by atoms with Gasteiger partial charge in [0.25, 0.3) is 0 Å². The number of hydrogen-bond donors (Lipinski definition) is 2. The van der Waals surface area contributed by atoms with Crippen LogP contribution >= 0.6 is 0 Å². The minimum atomic E-state index is -0.625. The van der Waals surface area contributed by atoms with Crippen molar-refractivity contribution in [3.8, 4) is 6.07 Å². The van der Waals surface area contributed by atoms with Gasteiger partial charge in [0, 0.05) is 26.2 Å². The van der Waals surface area contributed by atoms with Crippen LogP contribution in [0.5, 0.6) is 0 Å². The molecule has 0 bridgehead atoms. The molecule has 0 aromatic heterocycles. The van der Waals surface area contributed by atoms with Crippen molar-refractivity contribution in [1.29, 1.82) is 5.26 Å². The van der Waals surface area contributed by atoms with Crippen molar-refractivity contribution in [3.05, 3.63) is 29.6 Å². The molecule has 6 heteroatoms. The van der Waals surface area contributed by atoms with Crippen LogP contribution in [0.2, 0.25) is 0 Å². The van der Waals surface area contributed by atoms with Gasteiger partial charge >= 0.3 is 0 Å². The zero-order valence-electron chi connectivity index (χ0n) is 11.3. The topological polar surface area (TPSA) is 68.2 Å². The van der Waals surface area contributed by atoms with Crippen LogP contribution in [0.25, 0.3) is 0 Å². The molecule has 1 aliphatic rings. The average molecular weight is 276 g/mol. The Bertz CT molecular complexity index is 534. The molecule has 1 aliphatic heterocycles. The van der Waals surface area contributed by atoms with E-state index in [2.05, 4.69) is 15.5 Å². The standard InChI is InChI=1S/C14H17FN4O/c1-10(19-7-5-17-6-8-19)14(20)18-13-4-2-3-12(15)11(13)9-16/h2-4,10,17H,5-8H2,1H3,(H,18,20). The van der Waals surface area contributed by atoms with Crippen molar-refractivity contribution in [2.24, 2.45) is 0 Å². The molecule has 1 aromatic rings. The van der Waals surface area contributed by atoms with Crippen LogP contribution in [-0.4, -0.2) is 43.0 Å². The Labute approximate surface area is 117 Å². The summed E-state index contributed by atoms with van der Waals surface area (Å²) < 4.78 is 13.5. The number of halogens is 1. The van der Waals surface area contributed by atoms with E-state index in [9.17, 15) is 9.18 Å². The fraction of sp³-hybridized carbons (Fsp3) is 0.429. The van der Waals surface area contributed by atoms with E-state index >= 15 is 0 Å². The Balaban J connectivity index is 2.08. The van der Waals surface area contributed by atoms with Crippen LogP contribution in [0.1, 0.15) is 12.5 Å². The number of rotatable bonds is 3. The van der Waals surface area contributed by atoms with Gasteiger partial charge in [-0.3, -0.25) is 9.69 Å². The van der Waals surface area contributed by atoms with Crippen molar-refractivity contribution in [2.75, 3.05) is 31.5 Å². The maximum absolute atomic E-state index is 13.5. The fourth-order valence-corrected chi connectivity index (χ4v) is 2.21. The highest BCUT2D eigenvalue weighted by atomic mass is 19.1. The van der Waals surface area contributed by atoms with Crippen LogP contribution in [0.3, 0.4) is 0 Å². The number of nitriles is 1. The van der Waals surface area contributed by atoms with Gasteiger partial charge in [0.05, 0.1) is 11.7 Å². The van der Waals surface area contributed by atoms with Crippen LogP contribution in [0.4, 0.5) is 10.1 Å². The number of nitrogens with one attached hydrogen (secondary N) is 2. The summed E-state index contributed by atoms with van der Waals surface area (Å²) in [4.78, 5) is 14.2. The van der Waals surface area contributed by atoms with Crippen LogP contribution in [0, 0.1) is 17.1 Å². The summed E-state index contributed by atoms with van der Waals surface area (Å²) in [6, 6.07) is 5.67. The quantitative estimate of drug-likeness (QED) is 0.862. The van der Waals surface area contributed by atoms with E-state index in [4.69, 9.17) is 5.26 Å². The molecule has 1 fully saturated rings. The van der Waals surface area contributed by atoms with Gasteiger partial charge < -0.3 is 10.6 Å². The first kappa shape index (κ1) is 14.4. The minimum absolute atomic E-state index is 0.131. The number of benzene rings is 1. The predicted molar refractivity (Wildman–Crippen MR) is 73.6 cm³/mol. The average Bonchev–Trinajstić information content (AvgIpc) is 2.47. The van der Waals surface area contributed by atoms with Gasteiger partial charge in [-0.15, -0.1) is 0 Å². The zero-order valence-corrected chi connectivity index (χ0v) is 11.3. The van der Waals surface area contributed by atoms with E-state index < -0.39 is 5.82 Å². The van der Waals surface area contributed by atoms with Crippen LogP contribution in [0.15, 0.2) is 18.2 Å². The Morgan fingerprint density at radius 1 is 1.50 bits per heavy atom. The molecule has 0 saturated carbocycles. The Morgan fingerprint density at radius 3 is 2.85 bits per heavy atom. The third kappa shape index (κ3) is 3.13. The molecule has 1 amide bonds. The number of nitrogens with zero attached hydrogens (tertiary/aromatic N) is 2. The Kier molecular flexibility index (Phi) is 4.66. The lowest BCUT2D eigenvalue weighted by atomic mass is 10.1. The smallest absolute Gasteiger partial charge is 0.241 e. The molecule has 0 spiro atoms. The molecule has 1 heterocycles. The second kappa shape index (κ2) is 6.46. The molecule has 0 aliphatic carbocycles. The van der Waals surface area contributed by atoms with Crippen LogP contribution < -0.4 is 10.6 Å². The van der Waals surface area contributed by atoms with Crippen molar-refractivity contribution < 1.29 is 9.18 Å². The van der Waals surface area contributed by atoms with Gasteiger partial charge in [-0.2, -0.15) is 5.26 Å². The summed E-state index contributed by atoms with van der Waals surface area (Å²) in [5.41, 5.74) is 0.0906. The number of hydrogen-bond acceptors (Lipinski definition) is 4. The van der Waals surface area contributed by atoms with Crippen LogP contribution in [-0.2, 0) is 4.79 Å². The highest BCUT2D eigenvalue weighted by molar-refractivity contribution is 5.95. The summed E-state index contributed by atoms with van der Waals surface area (Å²) in [7, 11) is 0. The maximum Gasteiger partial charge on any atom is 0.241 e. The molecular weight excluding hydrogens is 259 g/mol. The van der Waals surface area contributed by atoms with E-state index in [0.29, 0.717) is 0 Å². The molecule has 2 N–H and O–H groups in total. The molecule has 2 rings (SSSR count). The summed E-state index contributed by atoms with van der Waals surface area (Å²) in [6.07, 6.45) is 0. The van der Waals surface area contributed by atoms with Gasteiger partial charge in [0.1, 0.15) is 17.4 Å². The minimum Gasteiger partial charge on any atom is -0.323 e. The second-order valence-electron chi connectivity index (χ2n) is 4.73. The first-order chi connectivity index (χ1) is 9.63. The van der Waals surface area contributed by atoms with Gasteiger partial charge in [-0.05, 0) is 19.1 Å². The summed E-state index contributed by atoms with van der Waals surface area (Å²) >= 11 is 0. The lowest BCUT2D eigenvalue weighted by Gasteiger charge is -2.31. The Hall–Kier alpha value is -1.97. The van der Waals surface area contributed by atoms with Crippen molar-refractivity contribution in [1.82, 2.24) is 10.2 Å². The maximum atomic E-state index is 13.5. The van der Waals surface area contributed by atoms with Gasteiger partial charge in [-0.25, -0.2) is 4.39 Å². The molecule has 1 saturated heterocycles. The molecule has 1 unspecified atom stereocenters. The lowest BCUT2D eigenvalue weighted by Crippen LogP contribution is -2.51. The molecule has 0 radical (unpaired) electrons. The molecule has 106 valence electrons. The number of carbonyl (C=O) groups excluding carboxylic acids is 1. The number of anilines is 1. The molecule has 5 nitrogen and oxygen atoms in total. The SMILES string of the molecule is CC(C(=O)Nc1cccc(F)c1C#N)N1CCNCC1. The van der Waals surface area contributed by atoms with E-state index in [1.54, 1.807) is 6.07 Å². The number of piperazine rings is 1. The molecular formula is C14H17FN4O. The van der Waals surface area contributed by atoms with Gasteiger partial charge in [0.2, 0.25) is 5.91 Å². The van der Waals surface area contributed by atoms with Gasteiger partial charge in [0.15, 0.2) is 0 Å². The highest BCUT2D eigenvalue weighted by Crippen LogP contribution is 2.18. The summed E-state index contributed by atoms with van der Waals surface area (Å²) in [5.74, 6) is -0.853. The van der Waals surface area contributed by atoms with E-state index in [1.807, 2.05) is 6.92 Å².